The van der Waals surface area contributed by atoms with Crippen molar-refractivity contribution in [3.63, 3.8) is 0 Å². The number of benzene rings is 2. The summed E-state index contributed by atoms with van der Waals surface area (Å²) in [5.41, 5.74) is 4.12. The molecule has 1 nitrogen and oxygen atoms in total. The second kappa shape index (κ2) is 6.55. The van der Waals surface area contributed by atoms with Crippen LogP contribution >= 0.6 is 27.3 Å². The van der Waals surface area contributed by atoms with E-state index < -0.39 is 0 Å². The van der Waals surface area contributed by atoms with E-state index in [9.17, 15) is 4.39 Å². The molecule has 0 N–H and O–H groups in total. The van der Waals surface area contributed by atoms with Crippen LogP contribution in [0.15, 0.2) is 52.3 Å². The average Bonchev–Trinajstić information content (AvgIpc) is 2.87. The Morgan fingerprint density at radius 1 is 1.09 bits per heavy atom. The van der Waals surface area contributed by atoms with Gasteiger partial charge in [-0.1, -0.05) is 35.9 Å². The number of hydrogen-bond donors (Lipinski definition) is 0. The molecule has 0 amide bonds. The fourth-order valence-electron chi connectivity index (χ4n) is 2.12. The molecular formula is C18H13BrFNS. The third-order valence-corrected chi connectivity index (χ3v) is 4.85. The second-order valence-corrected chi connectivity index (χ2v) is 7.28. The number of halogens is 2. The molecule has 0 atom stereocenters. The number of hydrogen-bond acceptors (Lipinski definition) is 2. The van der Waals surface area contributed by atoms with E-state index in [1.54, 1.807) is 23.5 Å². The first-order valence-corrected chi connectivity index (χ1v) is 8.40. The number of aromatic nitrogens is 1. The zero-order chi connectivity index (χ0) is 15.5. The fraction of sp³-hybridized carbons (Fsp3) is 0.0556. The third-order valence-electron chi connectivity index (χ3n) is 3.18. The van der Waals surface area contributed by atoms with Crippen LogP contribution in [-0.2, 0) is 0 Å². The van der Waals surface area contributed by atoms with Crippen LogP contribution < -0.4 is 0 Å². The van der Waals surface area contributed by atoms with Gasteiger partial charge in [0, 0.05) is 5.56 Å². The van der Waals surface area contributed by atoms with Gasteiger partial charge in [0.2, 0.25) is 0 Å². The Hall–Kier alpha value is -1.78. The van der Waals surface area contributed by atoms with Crippen molar-refractivity contribution >= 4 is 39.4 Å². The van der Waals surface area contributed by atoms with Crippen molar-refractivity contribution in [2.45, 2.75) is 6.92 Å². The maximum Gasteiger partial charge on any atom is 0.123 e. The van der Waals surface area contributed by atoms with Crippen LogP contribution in [0.3, 0.4) is 0 Å². The monoisotopic (exact) mass is 373 g/mol. The zero-order valence-corrected chi connectivity index (χ0v) is 14.3. The zero-order valence-electron chi connectivity index (χ0n) is 11.9. The lowest BCUT2D eigenvalue weighted by Crippen LogP contribution is -1.80. The molecule has 0 spiro atoms. The van der Waals surface area contributed by atoms with Crippen LogP contribution in [0.5, 0.6) is 0 Å². The van der Waals surface area contributed by atoms with Crippen molar-refractivity contribution in [3.05, 3.63) is 74.3 Å². The predicted octanol–water partition coefficient (Wildman–Crippen LogP) is 6.19. The van der Waals surface area contributed by atoms with Crippen LogP contribution in [-0.4, -0.2) is 4.98 Å². The molecule has 0 unspecified atom stereocenters. The maximum absolute atomic E-state index is 13.0. The number of nitrogens with zero attached hydrogens (tertiary/aromatic N) is 1. The quantitative estimate of drug-likeness (QED) is 0.533. The highest BCUT2D eigenvalue weighted by atomic mass is 79.9. The largest absolute Gasteiger partial charge is 0.235 e. The average molecular weight is 374 g/mol. The van der Waals surface area contributed by atoms with Gasteiger partial charge in [0.1, 0.15) is 10.8 Å². The van der Waals surface area contributed by atoms with Crippen molar-refractivity contribution in [1.82, 2.24) is 4.98 Å². The first-order chi connectivity index (χ1) is 10.6. The van der Waals surface area contributed by atoms with Crippen molar-refractivity contribution in [3.8, 4) is 11.3 Å². The van der Waals surface area contributed by atoms with Crippen LogP contribution in [0, 0.1) is 12.7 Å². The van der Waals surface area contributed by atoms with Gasteiger partial charge in [-0.2, -0.15) is 0 Å². The van der Waals surface area contributed by atoms with Crippen LogP contribution in [0.4, 0.5) is 4.39 Å². The Morgan fingerprint density at radius 2 is 1.86 bits per heavy atom. The topological polar surface area (TPSA) is 12.9 Å². The lowest BCUT2D eigenvalue weighted by atomic mass is 10.1. The van der Waals surface area contributed by atoms with E-state index in [0.717, 1.165) is 25.6 Å². The highest BCUT2D eigenvalue weighted by molar-refractivity contribution is 9.11. The normalized spacial score (nSPS) is 11.2. The Kier molecular flexibility index (Phi) is 4.50. The molecule has 1 heterocycles. The summed E-state index contributed by atoms with van der Waals surface area (Å²) in [6, 6.07) is 14.7. The van der Waals surface area contributed by atoms with E-state index >= 15 is 0 Å². The summed E-state index contributed by atoms with van der Waals surface area (Å²) in [5.74, 6) is -0.241. The molecular weight excluding hydrogens is 361 g/mol. The molecule has 0 aliphatic heterocycles. The lowest BCUT2D eigenvalue weighted by Gasteiger charge is -1.97. The van der Waals surface area contributed by atoms with E-state index in [1.807, 2.05) is 18.2 Å². The van der Waals surface area contributed by atoms with Gasteiger partial charge in [0.25, 0.3) is 0 Å². The number of thiazole rings is 1. The molecule has 3 rings (SSSR count). The summed E-state index contributed by atoms with van der Waals surface area (Å²) in [7, 11) is 0. The van der Waals surface area contributed by atoms with Gasteiger partial charge in [-0.15, -0.1) is 11.3 Å². The highest BCUT2D eigenvalue weighted by Gasteiger charge is 2.09. The first kappa shape index (κ1) is 15.1. The minimum Gasteiger partial charge on any atom is -0.235 e. The van der Waals surface area contributed by atoms with Gasteiger partial charge in [-0.05, 0) is 58.8 Å². The van der Waals surface area contributed by atoms with Gasteiger partial charge in [-0.25, -0.2) is 9.37 Å². The summed E-state index contributed by atoms with van der Waals surface area (Å²) >= 11 is 5.10. The van der Waals surface area contributed by atoms with Gasteiger partial charge in [-0.3, -0.25) is 0 Å². The minimum absolute atomic E-state index is 0.241. The van der Waals surface area contributed by atoms with E-state index in [-0.39, 0.29) is 5.82 Å². The maximum atomic E-state index is 13.0. The Labute approximate surface area is 141 Å². The van der Waals surface area contributed by atoms with E-state index in [2.05, 4.69) is 46.0 Å². The van der Waals surface area contributed by atoms with E-state index in [0.29, 0.717) is 0 Å². The molecule has 0 aliphatic carbocycles. The van der Waals surface area contributed by atoms with Crippen molar-refractivity contribution in [2.24, 2.45) is 0 Å². The molecule has 110 valence electrons. The summed E-state index contributed by atoms with van der Waals surface area (Å²) in [6.45, 7) is 2.07. The minimum atomic E-state index is -0.241. The van der Waals surface area contributed by atoms with Gasteiger partial charge < -0.3 is 0 Å². The van der Waals surface area contributed by atoms with Crippen LogP contribution in [0.25, 0.3) is 23.4 Å². The summed E-state index contributed by atoms with van der Waals surface area (Å²) in [5, 5.41) is 0.910. The molecule has 0 fully saturated rings. The summed E-state index contributed by atoms with van der Waals surface area (Å²) in [4.78, 5) is 4.61. The number of aryl methyl sites for hydroxylation is 1. The predicted molar refractivity (Wildman–Crippen MR) is 95.3 cm³/mol. The number of rotatable bonds is 3. The lowest BCUT2D eigenvalue weighted by molar-refractivity contribution is 0.628. The molecule has 0 radical (unpaired) electrons. The van der Waals surface area contributed by atoms with Crippen LogP contribution in [0.2, 0.25) is 0 Å². The van der Waals surface area contributed by atoms with Gasteiger partial charge in [0.15, 0.2) is 0 Å². The SMILES string of the molecule is Cc1cccc(/C=C/c2nc(-c3ccc(F)cc3)c(Br)s2)c1. The highest BCUT2D eigenvalue weighted by Crippen LogP contribution is 2.33. The molecule has 22 heavy (non-hydrogen) atoms. The second-order valence-electron chi connectivity index (χ2n) is 4.93. The molecule has 1 aromatic heterocycles. The smallest absolute Gasteiger partial charge is 0.123 e. The third kappa shape index (κ3) is 3.51. The van der Waals surface area contributed by atoms with Gasteiger partial charge >= 0.3 is 0 Å². The fourth-order valence-corrected chi connectivity index (χ4v) is 3.65. The Morgan fingerprint density at radius 3 is 2.59 bits per heavy atom. The molecule has 0 aliphatic rings. The standard InChI is InChI=1S/C18H13BrFNS/c1-12-3-2-4-13(11-12)5-10-16-21-17(18(19)22-16)14-6-8-15(20)9-7-14/h2-11H,1H3/b10-5+. The van der Waals surface area contributed by atoms with Crippen LogP contribution in [0.1, 0.15) is 16.1 Å². The van der Waals surface area contributed by atoms with E-state index in [1.165, 1.54) is 17.7 Å². The Balaban J connectivity index is 1.87. The van der Waals surface area contributed by atoms with Crippen molar-refractivity contribution in [1.29, 1.82) is 0 Å². The molecule has 2 aromatic carbocycles. The molecule has 0 saturated heterocycles. The molecule has 3 aromatic rings. The van der Waals surface area contributed by atoms with E-state index in [4.69, 9.17) is 0 Å². The first-order valence-electron chi connectivity index (χ1n) is 6.79. The molecule has 0 bridgehead atoms. The van der Waals surface area contributed by atoms with Crippen molar-refractivity contribution < 1.29 is 4.39 Å². The van der Waals surface area contributed by atoms with Gasteiger partial charge in [0.05, 0.1) is 9.48 Å². The summed E-state index contributed by atoms with van der Waals surface area (Å²) in [6.07, 6.45) is 4.05. The van der Waals surface area contributed by atoms with Crippen molar-refractivity contribution in [2.75, 3.05) is 0 Å². The molecule has 4 heteroatoms. The molecule has 0 saturated carbocycles. The Bertz CT molecular complexity index is 821. The summed E-state index contributed by atoms with van der Waals surface area (Å²) < 4.78 is 14.0.